The fraction of sp³-hybridized carbons (Fsp3) is 0.194. The number of aliphatic imine (C=N–C) groups is 1. The second-order valence-corrected chi connectivity index (χ2v) is 10.9. The second kappa shape index (κ2) is 12.8. The molecule has 5 rings (SSSR count). The van der Waals surface area contributed by atoms with E-state index in [2.05, 4.69) is 24.8 Å². The van der Waals surface area contributed by atoms with Gasteiger partial charge < -0.3 is 4.74 Å². The zero-order valence-corrected chi connectivity index (χ0v) is 24.6. The molecule has 5 aromatic rings. The first-order valence-electron chi connectivity index (χ1n) is 13.4. The predicted molar refractivity (Wildman–Crippen MR) is 159 cm³/mol. The fourth-order valence-corrected chi connectivity index (χ4v) is 5.27. The van der Waals surface area contributed by atoms with Crippen molar-refractivity contribution >= 4 is 23.6 Å². The summed E-state index contributed by atoms with van der Waals surface area (Å²) < 4.78 is 58.3. The van der Waals surface area contributed by atoms with Crippen molar-refractivity contribution in [2.24, 2.45) is 9.98 Å². The van der Waals surface area contributed by atoms with E-state index in [9.17, 15) is 22.4 Å². The molecule has 0 fully saturated rings. The number of alkyl halides is 3. The molecule has 0 aliphatic carbocycles. The molecule has 0 spiro atoms. The molecule has 44 heavy (non-hydrogen) atoms. The summed E-state index contributed by atoms with van der Waals surface area (Å²) in [7, 11) is 0. The van der Waals surface area contributed by atoms with Crippen LogP contribution in [0.25, 0.3) is 22.8 Å². The Morgan fingerprint density at radius 3 is 2.48 bits per heavy atom. The van der Waals surface area contributed by atoms with Gasteiger partial charge in [-0.15, -0.1) is 29.6 Å². The van der Waals surface area contributed by atoms with Crippen LogP contribution in [0.15, 0.2) is 88.4 Å². The summed E-state index contributed by atoms with van der Waals surface area (Å²) in [5.74, 6) is -0.159. The van der Waals surface area contributed by atoms with Gasteiger partial charge >= 0.3 is 12.4 Å². The van der Waals surface area contributed by atoms with E-state index in [4.69, 9.17) is 0 Å². The molecule has 226 valence electrons. The molecule has 0 unspecified atom stereocenters. The van der Waals surface area contributed by atoms with Gasteiger partial charge in [0.2, 0.25) is 0 Å². The first kappa shape index (κ1) is 30.5. The maximum atomic E-state index is 13.9. The molecule has 0 atom stereocenters. The van der Waals surface area contributed by atoms with Gasteiger partial charge in [-0.05, 0) is 66.4 Å². The van der Waals surface area contributed by atoms with Gasteiger partial charge in [0.25, 0.3) is 0 Å². The second-order valence-electron chi connectivity index (χ2n) is 10.0. The highest BCUT2D eigenvalue weighted by Crippen LogP contribution is 2.26. The van der Waals surface area contributed by atoms with E-state index in [1.165, 1.54) is 65.0 Å². The zero-order chi connectivity index (χ0) is 31.4. The zero-order valence-electron chi connectivity index (χ0n) is 23.8. The van der Waals surface area contributed by atoms with Crippen LogP contribution in [-0.4, -0.2) is 37.9 Å². The highest BCUT2D eigenvalue weighted by molar-refractivity contribution is 7.07. The fourth-order valence-electron chi connectivity index (χ4n) is 4.41. The number of amides is 2. The Morgan fingerprint density at radius 2 is 1.80 bits per heavy atom. The van der Waals surface area contributed by atoms with Gasteiger partial charge in [0.05, 0.1) is 11.4 Å². The largest absolute Gasteiger partial charge is 0.573 e. The average molecular weight is 623 g/mol. The van der Waals surface area contributed by atoms with Crippen LogP contribution < -0.4 is 9.54 Å². The molecular formula is C31H26F4N6O2S. The molecule has 8 nitrogen and oxygen atoms in total. The molecule has 2 amide bonds. The molecule has 0 aliphatic heterocycles. The lowest BCUT2D eigenvalue weighted by Crippen LogP contribution is -2.18. The molecule has 13 heteroatoms. The van der Waals surface area contributed by atoms with Crippen LogP contribution in [0, 0.1) is 12.7 Å². The van der Waals surface area contributed by atoms with Crippen molar-refractivity contribution in [3.63, 3.8) is 0 Å². The van der Waals surface area contributed by atoms with Gasteiger partial charge in [-0.25, -0.2) is 23.8 Å². The number of nitrogens with zero attached hydrogens (tertiary/aromatic N) is 6. The van der Waals surface area contributed by atoms with E-state index in [-0.39, 0.29) is 17.5 Å². The molecule has 3 aromatic carbocycles. The first-order chi connectivity index (χ1) is 21.0. The summed E-state index contributed by atoms with van der Waals surface area (Å²) in [6.07, 6.45) is -1.43. The topological polar surface area (TPSA) is 86.7 Å². The number of ether oxygens (including phenoxy) is 1. The van der Waals surface area contributed by atoms with Crippen molar-refractivity contribution in [1.82, 2.24) is 19.3 Å². The highest BCUT2D eigenvalue weighted by Gasteiger charge is 2.31. The van der Waals surface area contributed by atoms with E-state index >= 15 is 0 Å². The quantitative estimate of drug-likeness (QED) is 0.138. The molecule has 0 saturated carbocycles. The number of halogens is 4. The number of urea groups is 1. The standard InChI is InChI=1S/C31H26F4N6O2S/c1-19(2)26-16-23(32)8-13-27(26)41-20(3)17-44-30(41)38-29(42)36-15-14-21-4-6-22(7-5-21)28-37-18-40(39-28)24-9-11-25(12-10-24)43-31(33,34)35/h4-13,15-19H,14H2,1-3H3. The number of hydrogen-bond donors (Lipinski definition) is 0. The average Bonchev–Trinajstić information content (AvgIpc) is 3.60. The Bertz CT molecular complexity index is 1870. The lowest BCUT2D eigenvalue weighted by molar-refractivity contribution is -0.274. The van der Waals surface area contributed by atoms with Crippen LogP contribution in [0.3, 0.4) is 0 Å². The number of benzene rings is 3. The Balaban J connectivity index is 1.24. The number of thiazole rings is 1. The lowest BCUT2D eigenvalue weighted by Gasteiger charge is -2.15. The Labute approximate surface area is 253 Å². The van der Waals surface area contributed by atoms with Gasteiger partial charge in [-0.1, -0.05) is 38.1 Å². The van der Waals surface area contributed by atoms with Crippen LogP contribution >= 0.6 is 11.3 Å². The summed E-state index contributed by atoms with van der Waals surface area (Å²) in [4.78, 5) is 25.5. The molecule has 2 aromatic heterocycles. The number of carbonyl (C=O) groups excluding carboxylic acids is 1. The molecule has 0 aliphatic rings. The van der Waals surface area contributed by atoms with Gasteiger partial charge in [0.1, 0.15) is 17.9 Å². The SMILES string of the molecule is Cc1csc(=NC(=O)N=CCc2ccc(-c3ncn(-c4ccc(OC(F)(F)F)cc4)n3)cc2)n1-c1ccc(F)cc1C(C)C. The minimum absolute atomic E-state index is 0.0643. The van der Waals surface area contributed by atoms with Crippen molar-refractivity contribution in [2.45, 2.75) is 39.5 Å². The van der Waals surface area contributed by atoms with Gasteiger partial charge in [0, 0.05) is 29.3 Å². The van der Waals surface area contributed by atoms with E-state index in [0.717, 1.165) is 28.1 Å². The van der Waals surface area contributed by atoms with Gasteiger partial charge in [-0.2, -0.15) is 4.99 Å². The Kier molecular flexibility index (Phi) is 8.86. The third-order valence-electron chi connectivity index (χ3n) is 6.49. The maximum Gasteiger partial charge on any atom is 0.573 e. The van der Waals surface area contributed by atoms with Crippen LogP contribution in [0.2, 0.25) is 0 Å². The number of rotatable bonds is 7. The molecule has 0 saturated heterocycles. The predicted octanol–water partition coefficient (Wildman–Crippen LogP) is 7.59. The third-order valence-corrected chi connectivity index (χ3v) is 7.43. The monoisotopic (exact) mass is 622 g/mol. The van der Waals surface area contributed by atoms with Crippen molar-refractivity contribution in [3.05, 3.63) is 106 Å². The maximum absolute atomic E-state index is 13.9. The number of hydrogen-bond acceptors (Lipinski definition) is 5. The summed E-state index contributed by atoms with van der Waals surface area (Å²) in [5, 5.41) is 6.28. The number of aryl methyl sites for hydroxylation is 1. The van der Waals surface area contributed by atoms with E-state index in [1.807, 2.05) is 55.0 Å². The van der Waals surface area contributed by atoms with E-state index < -0.39 is 12.4 Å². The van der Waals surface area contributed by atoms with E-state index in [0.29, 0.717) is 22.7 Å². The third kappa shape index (κ3) is 7.35. The van der Waals surface area contributed by atoms with Crippen LogP contribution in [0.5, 0.6) is 5.75 Å². The van der Waals surface area contributed by atoms with Gasteiger partial charge in [0.15, 0.2) is 10.6 Å². The Hall–Kier alpha value is -4.91. The van der Waals surface area contributed by atoms with Crippen LogP contribution in [0.1, 0.15) is 36.6 Å². The molecule has 0 N–H and O–H groups in total. The van der Waals surface area contributed by atoms with Crippen LogP contribution in [-0.2, 0) is 6.42 Å². The summed E-state index contributed by atoms with van der Waals surface area (Å²) >= 11 is 1.30. The van der Waals surface area contributed by atoms with Crippen molar-refractivity contribution < 1.29 is 27.1 Å². The van der Waals surface area contributed by atoms with Crippen LogP contribution in [0.4, 0.5) is 22.4 Å². The van der Waals surface area contributed by atoms with E-state index in [1.54, 1.807) is 6.07 Å². The first-order valence-corrected chi connectivity index (χ1v) is 14.3. The minimum Gasteiger partial charge on any atom is -0.406 e. The van der Waals surface area contributed by atoms with Crippen molar-refractivity contribution in [3.8, 4) is 28.5 Å². The molecule has 0 radical (unpaired) electrons. The van der Waals surface area contributed by atoms with Gasteiger partial charge in [-0.3, -0.25) is 4.57 Å². The summed E-state index contributed by atoms with van der Waals surface area (Å²) in [5.41, 5.74) is 4.58. The summed E-state index contributed by atoms with van der Waals surface area (Å²) in [6.45, 7) is 5.85. The normalized spacial score (nSPS) is 12.4. The minimum atomic E-state index is -4.76. The smallest absolute Gasteiger partial charge is 0.406 e. The number of carbonyl (C=O) groups is 1. The molecule has 0 bridgehead atoms. The molecular weight excluding hydrogens is 596 g/mol. The van der Waals surface area contributed by atoms with Crippen molar-refractivity contribution in [1.29, 1.82) is 0 Å². The lowest BCUT2D eigenvalue weighted by atomic mass is 10.0. The van der Waals surface area contributed by atoms with Crippen molar-refractivity contribution in [2.75, 3.05) is 0 Å². The highest BCUT2D eigenvalue weighted by atomic mass is 32.1. The number of aromatic nitrogens is 4. The summed E-state index contributed by atoms with van der Waals surface area (Å²) in [6, 6.07) is 16.6. The molecule has 2 heterocycles. The Morgan fingerprint density at radius 1 is 1.07 bits per heavy atom.